The molecule has 1 aliphatic rings. The Morgan fingerprint density at radius 3 is 2.64 bits per heavy atom. The average molecular weight is 167 g/mol. The molecule has 1 heterocycles. The van der Waals surface area contributed by atoms with Gasteiger partial charge in [0, 0.05) is 13.1 Å². The van der Waals surface area contributed by atoms with Gasteiger partial charge in [0.1, 0.15) is 0 Å². The minimum absolute atomic E-state index is 0.177. The fraction of sp³-hybridized carbons (Fsp3) is 0.800. The molecule has 0 aromatic carbocycles. The molecule has 0 aromatic heterocycles. The van der Waals surface area contributed by atoms with Crippen molar-refractivity contribution in [3.63, 3.8) is 0 Å². The van der Waals surface area contributed by atoms with E-state index in [-0.39, 0.29) is 5.96 Å². The lowest BCUT2D eigenvalue weighted by Crippen LogP contribution is -2.47. The zero-order valence-electron chi connectivity index (χ0n) is 5.70. The van der Waals surface area contributed by atoms with Crippen LogP contribution in [0.2, 0.25) is 0 Å². The van der Waals surface area contributed by atoms with Crippen LogP contribution in [0.3, 0.4) is 0 Å². The van der Waals surface area contributed by atoms with Crippen LogP contribution in [0.1, 0.15) is 6.42 Å². The summed E-state index contributed by atoms with van der Waals surface area (Å²) in [5.41, 5.74) is 0. The number of hydrogen-bond acceptors (Lipinski definition) is 3. The molecule has 64 valence electrons. The molecule has 0 bridgehead atoms. The molecule has 1 rings (SSSR count). The highest BCUT2D eigenvalue weighted by Gasteiger charge is 2.29. The van der Waals surface area contributed by atoms with Crippen LogP contribution in [0.4, 0.5) is 13.2 Å². The van der Waals surface area contributed by atoms with Crippen molar-refractivity contribution in [3.8, 4) is 0 Å². The molecule has 0 radical (unpaired) electrons. The fourth-order valence-electron chi connectivity index (χ4n) is 0.751. The Bertz CT molecular complexity index is 163. The first kappa shape index (κ1) is 8.16. The van der Waals surface area contributed by atoms with Crippen molar-refractivity contribution in [3.05, 3.63) is 0 Å². The lowest BCUT2D eigenvalue weighted by atomic mass is 10.4. The summed E-state index contributed by atoms with van der Waals surface area (Å²) in [4.78, 5) is 3.59. The highest BCUT2D eigenvalue weighted by Crippen LogP contribution is 2.09. The van der Waals surface area contributed by atoms with Crippen LogP contribution in [0.5, 0.6) is 0 Å². The Balaban J connectivity index is 2.42. The maximum Gasteiger partial charge on any atom is 0.484 e. The van der Waals surface area contributed by atoms with E-state index in [4.69, 9.17) is 0 Å². The van der Waals surface area contributed by atoms with E-state index in [1.807, 2.05) is 0 Å². The van der Waals surface area contributed by atoms with Crippen molar-refractivity contribution in [1.82, 2.24) is 10.6 Å². The molecule has 0 fully saturated rings. The molecule has 0 atom stereocenters. The number of alkyl halides is 3. The van der Waals surface area contributed by atoms with Gasteiger partial charge >= 0.3 is 6.30 Å². The second kappa shape index (κ2) is 2.98. The van der Waals surface area contributed by atoms with E-state index in [2.05, 4.69) is 10.3 Å². The summed E-state index contributed by atoms with van der Waals surface area (Å²) in [6, 6.07) is 0. The minimum Gasteiger partial charge on any atom is -0.356 e. The maximum atomic E-state index is 11.6. The molecule has 0 amide bonds. The fourth-order valence-corrected chi connectivity index (χ4v) is 0.751. The molecule has 1 aliphatic heterocycles. The Morgan fingerprint density at radius 2 is 2.18 bits per heavy atom. The Morgan fingerprint density at radius 1 is 1.45 bits per heavy atom. The van der Waals surface area contributed by atoms with Gasteiger partial charge in [-0.25, -0.2) is 0 Å². The molecule has 0 unspecified atom stereocenters. The van der Waals surface area contributed by atoms with E-state index in [0.717, 1.165) is 6.42 Å². The third-order valence-electron chi connectivity index (χ3n) is 1.16. The van der Waals surface area contributed by atoms with Gasteiger partial charge in [-0.05, 0) is 6.42 Å². The zero-order chi connectivity index (χ0) is 8.32. The van der Waals surface area contributed by atoms with Crippen LogP contribution in [0, 0.1) is 0 Å². The van der Waals surface area contributed by atoms with Crippen molar-refractivity contribution < 1.29 is 13.2 Å². The van der Waals surface area contributed by atoms with Crippen LogP contribution in [0.25, 0.3) is 0 Å². The van der Waals surface area contributed by atoms with Gasteiger partial charge in [-0.15, -0.1) is 0 Å². The standard InChI is InChI=1S/C5H8F3N3/c6-5(7,8)11-4-9-2-1-3-10-4/h1-3H2,(H2,9,10,11). The minimum atomic E-state index is -4.39. The number of aliphatic imine (C=N–C) groups is 1. The summed E-state index contributed by atoms with van der Waals surface area (Å²) in [6.07, 6.45) is -3.60. The summed E-state index contributed by atoms with van der Waals surface area (Å²) >= 11 is 0. The molecule has 11 heavy (non-hydrogen) atoms. The maximum absolute atomic E-state index is 11.6. The highest BCUT2D eigenvalue weighted by molar-refractivity contribution is 5.80. The summed E-state index contributed by atoms with van der Waals surface area (Å²) in [6.45, 7) is 0.993. The quantitative estimate of drug-likeness (QED) is 0.514. The zero-order valence-corrected chi connectivity index (χ0v) is 5.70. The molecule has 0 spiro atoms. The van der Waals surface area contributed by atoms with Crippen molar-refractivity contribution in [1.29, 1.82) is 0 Å². The Labute approximate surface area is 61.7 Å². The normalized spacial score (nSPS) is 18.6. The van der Waals surface area contributed by atoms with E-state index in [9.17, 15) is 13.2 Å². The van der Waals surface area contributed by atoms with Gasteiger partial charge in [-0.3, -0.25) is 10.3 Å². The lowest BCUT2D eigenvalue weighted by Gasteiger charge is -2.17. The van der Waals surface area contributed by atoms with Gasteiger partial charge in [0.2, 0.25) is 0 Å². The van der Waals surface area contributed by atoms with E-state index in [1.165, 1.54) is 5.32 Å². The number of guanidine groups is 1. The molecule has 3 nitrogen and oxygen atoms in total. The first-order valence-corrected chi connectivity index (χ1v) is 3.21. The summed E-state index contributed by atoms with van der Waals surface area (Å²) in [5.74, 6) is -0.177. The molecule has 6 heteroatoms. The van der Waals surface area contributed by atoms with Crippen LogP contribution in [0.15, 0.2) is 4.99 Å². The molecule has 0 saturated carbocycles. The Hall–Kier alpha value is -0.940. The van der Waals surface area contributed by atoms with E-state index >= 15 is 0 Å². The van der Waals surface area contributed by atoms with Gasteiger partial charge in [0.05, 0.1) is 0 Å². The predicted molar refractivity (Wildman–Crippen MR) is 34.1 cm³/mol. The molecule has 0 saturated heterocycles. The average Bonchev–Trinajstić information content (AvgIpc) is 1.85. The summed E-state index contributed by atoms with van der Waals surface area (Å²) in [5, 5.41) is 3.79. The first-order valence-electron chi connectivity index (χ1n) is 3.21. The van der Waals surface area contributed by atoms with E-state index in [0.29, 0.717) is 13.1 Å². The van der Waals surface area contributed by atoms with Crippen molar-refractivity contribution >= 4 is 5.96 Å². The van der Waals surface area contributed by atoms with Gasteiger partial charge < -0.3 is 5.32 Å². The molecule has 2 N–H and O–H groups in total. The van der Waals surface area contributed by atoms with Crippen molar-refractivity contribution in [2.24, 2.45) is 4.99 Å². The SMILES string of the molecule is FC(F)(F)NC1=NCCCN1. The smallest absolute Gasteiger partial charge is 0.356 e. The lowest BCUT2D eigenvalue weighted by molar-refractivity contribution is -0.142. The number of nitrogens with one attached hydrogen (secondary N) is 2. The second-order valence-electron chi connectivity index (χ2n) is 2.13. The predicted octanol–water partition coefficient (Wildman–Crippen LogP) is 0.445. The number of nitrogens with zero attached hydrogens (tertiary/aromatic N) is 1. The van der Waals surface area contributed by atoms with Gasteiger partial charge in [0.15, 0.2) is 5.96 Å². The van der Waals surface area contributed by atoms with Crippen LogP contribution in [-0.2, 0) is 0 Å². The van der Waals surface area contributed by atoms with Crippen molar-refractivity contribution in [2.75, 3.05) is 13.1 Å². The third kappa shape index (κ3) is 3.10. The third-order valence-corrected chi connectivity index (χ3v) is 1.16. The largest absolute Gasteiger partial charge is 0.484 e. The van der Waals surface area contributed by atoms with Gasteiger partial charge in [0.25, 0.3) is 0 Å². The number of hydrogen-bond donors (Lipinski definition) is 2. The van der Waals surface area contributed by atoms with E-state index in [1.54, 1.807) is 0 Å². The summed E-state index contributed by atoms with van der Waals surface area (Å²) < 4.78 is 34.8. The van der Waals surface area contributed by atoms with Gasteiger partial charge in [-0.2, -0.15) is 13.2 Å². The Kier molecular flexibility index (Phi) is 2.21. The first-order chi connectivity index (χ1) is 5.08. The monoisotopic (exact) mass is 167 g/mol. The molecule has 0 aliphatic carbocycles. The molecule has 0 aromatic rings. The topological polar surface area (TPSA) is 36.4 Å². The van der Waals surface area contributed by atoms with E-state index < -0.39 is 6.30 Å². The number of halogens is 3. The van der Waals surface area contributed by atoms with Crippen molar-refractivity contribution in [2.45, 2.75) is 12.7 Å². The highest BCUT2D eigenvalue weighted by atomic mass is 19.4. The molecular formula is C5H8F3N3. The van der Waals surface area contributed by atoms with Crippen LogP contribution < -0.4 is 10.6 Å². The van der Waals surface area contributed by atoms with Crippen LogP contribution >= 0.6 is 0 Å². The van der Waals surface area contributed by atoms with Crippen LogP contribution in [-0.4, -0.2) is 25.3 Å². The molecular weight excluding hydrogens is 159 g/mol. The second-order valence-corrected chi connectivity index (χ2v) is 2.13. The number of rotatable bonds is 0. The van der Waals surface area contributed by atoms with Gasteiger partial charge in [-0.1, -0.05) is 0 Å². The summed E-state index contributed by atoms with van der Waals surface area (Å²) in [7, 11) is 0.